The molecule has 6 heteroatoms. The molecule has 0 spiro atoms. The number of carbonyl (C=O) groups excluding carboxylic acids is 1. The first kappa shape index (κ1) is 11.3. The van der Waals surface area contributed by atoms with Crippen LogP contribution in [0.2, 0.25) is 0 Å². The van der Waals surface area contributed by atoms with Crippen LogP contribution >= 0.6 is 0 Å². The Morgan fingerprint density at radius 2 is 2.12 bits per heavy atom. The Bertz CT molecular complexity index is 521. The number of amides is 1. The van der Waals surface area contributed by atoms with E-state index in [1.54, 1.807) is 25.4 Å². The van der Waals surface area contributed by atoms with Gasteiger partial charge in [0.1, 0.15) is 5.82 Å². The van der Waals surface area contributed by atoms with Crippen LogP contribution < -0.4 is 5.32 Å². The number of benzene rings is 1. The molecule has 0 radical (unpaired) electrons. The van der Waals surface area contributed by atoms with Crippen molar-refractivity contribution in [3.63, 3.8) is 0 Å². The second-order valence-corrected chi connectivity index (χ2v) is 3.63. The third-order valence-corrected chi connectivity index (χ3v) is 2.15. The molecule has 1 aromatic carbocycles. The van der Waals surface area contributed by atoms with Gasteiger partial charge in [0.25, 0.3) is 0 Å². The summed E-state index contributed by atoms with van der Waals surface area (Å²) in [5.41, 5.74) is 0.743. The van der Waals surface area contributed by atoms with Gasteiger partial charge in [-0.25, -0.2) is 4.39 Å². The van der Waals surface area contributed by atoms with Crippen LogP contribution in [0.25, 0.3) is 0 Å². The lowest BCUT2D eigenvalue weighted by molar-refractivity contribution is -0.115. The number of rotatable bonds is 3. The number of nitrogens with one attached hydrogen (secondary N) is 1. The van der Waals surface area contributed by atoms with E-state index in [9.17, 15) is 9.18 Å². The average molecular weight is 234 g/mol. The summed E-state index contributed by atoms with van der Waals surface area (Å²) in [5.74, 6) is -0.125. The molecular formula is C11H11FN4O. The van der Waals surface area contributed by atoms with Gasteiger partial charge in [-0.3, -0.25) is 9.48 Å². The Balaban J connectivity index is 1.95. The lowest BCUT2D eigenvalue weighted by atomic mass is 10.1. The zero-order valence-electron chi connectivity index (χ0n) is 9.22. The minimum atomic E-state index is -0.317. The molecule has 0 fully saturated rings. The Morgan fingerprint density at radius 3 is 2.71 bits per heavy atom. The fourth-order valence-corrected chi connectivity index (χ4v) is 1.38. The highest BCUT2D eigenvalue weighted by Gasteiger charge is 2.06. The van der Waals surface area contributed by atoms with E-state index in [0.29, 0.717) is 5.82 Å². The molecule has 1 amide bonds. The first-order valence-corrected chi connectivity index (χ1v) is 5.04. The Morgan fingerprint density at radius 1 is 1.41 bits per heavy atom. The van der Waals surface area contributed by atoms with Crippen molar-refractivity contribution in [2.24, 2.45) is 7.05 Å². The molecule has 0 unspecified atom stereocenters. The van der Waals surface area contributed by atoms with Crippen molar-refractivity contribution in [2.75, 3.05) is 5.32 Å². The molecule has 0 bridgehead atoms. The largest absolute Gasteiger partial charge is 0.308 e. The van der Waals surface area contributed by atoms with Crippen LogP contribution in [-0.2, 0) is 18.3 Å². The van der Waals surface area contributed by atoms with Gasteiger partial charge in [-0.05, 0) is 17.7 Å². The van der Waals surface area contributed by atoms with Crippen LogP contribution in [-0.4, -0.2) is 20.9 Å². The number of aromatic nitrogens is 3. The first-order chi connectivity index (χ1) is 8.13. The molecule has 1 heterocycles. The molecule has 2 rings (SSSR count). The zero-order chi connectivity index (χ0) is 12.3. The first-order valence-electron chi connectivity index (χ1n) is 5.04. The van der Waals surface area contributed by atoms with Gasteiger partial charge in [0.15, 0.2) is 5.82 Å². The van der Waals surface area contributed by atoms with Crippen LogP contribution in [0.4, 0.5) is 10.2 Å². The van der Waals surface area contributed by atoms with Gasteiger partial charge in [-0.2, -0.15) is 0 Å². The number of aryl methyl sites for hydroxylation is 1. The van der Waals surface area contributed by atoms with E-state index in [2.05, 4.69) is 15.6 Å². The molecule has 5 nitrogen and oxygen atoms in total. The molecule has 0 aliphatic rings. The summed E-state index contributed by atoms with van der Waals surface area (Å²) in [5, 5.41) is 10.0. The van der Waals surface area contributed by atoms with Gasteiger partial charge in [0.2, 0.25) is 5.91 Å². The predicted octanol–water partition coefficient (Wildman–Crippen LogP) is 1.14. The van der Waals surface area contributed by atoms with Gasteiger partial charge >= 0.3 is 0 Å². The van der Waals surface area contributed by atoms with Gasteiger partial charge in [0.05, 0.1) is 12.6 Å². The molecular weight excluding hydrogens is 223 g/mol. The van der Waals surface area contributed by atoms with E-state index >= 15 is 0 Å². The minimum absolute atomic E-state index is 0.177. The minimum Gasteiger partial charge on any atom is -0.308 e. The van der Waals surface area contributed by atoms with Gasteiger partial charge in [-0.1, -0.05) is 17.3 Å². The molecule has 0 saturated carbocycles. The number of carbonyl (C=O) groups is 1. The highest BCUT2D eigenvalue weighted by molar-refractivity contribution is 5.91. The lowest BCUT2D eigenvalue weighted by Gasteiger charge is -2.01. The monoisotopic (exact) mass is 234 g/mol. The summed E-state index contributed by atoms with van der Waals surface area (Å²) in [6.45, 7) is 0. The summed E-state index contributed by atoms with van der Waals surface area (Å²) in [7, 11) is 1.71. The predicted molar refractivity (Wildman–Crippen MR) is 59.7 cm³/mol. The smallest absolute Gasteiger partial charge is 0.230 e. The number of hydrogen-bond donors (Lipinski definition) is 1. The van der Waals surface area contributed by atoms with Crippen molar-refractivity contribution in [3.05, 3.63) is 41.8 Å². The van der Waals surface area contributed by atoms with Crippen molar-refractivity contribution >= 4 is 11.7 Å². The molecule has 0 atom stereocenters. The van der Waals surface area contributed by atoms with Crippen LogP contribution in [0.1, 0.15) is 5.56 Å². The van der Waals surface area contributed by atoms with Crippen molar-refractivity contribution in [2.45, 2.75) is 6.42 Å². The zero-order valence-corrected chi connectivity index (χ0v) is 9.22. The van der Waals surface area contributed by atoms with E-state index in [1.807, 2.05) is 0 Å². The maximum atomic E-state index is 12.7. The molecule has 17 heavy (non-hydrogen) atoms. The van der Waals surface area contributed by atoms with E-state index in [-0.39, 0.29) is 18.1 Å². The third kappa shape index (κ3) is 3.10. The van der Waals surface area contributed by atoms with E-state index in [0.717, 1.165) is 5.56 Å². The average Bonchev–Trinajstić information content (AvgIpc) is 2.67. The molecule has 1 aromatic heterocycles. The molecule has 0 aliphatic carbocycles. The summed E-state index contributed by atoms with van der Waals surface area (Å²) >= 11 is 0. The molecule has 0 aliphatic heterocycles. The third-order valence-electron chi connectivity index (χ3n) is 2.15. The maximum absolute atomic E-state index is 12.7. The van der Waals surface area contributed by atoms with Gasteiger partial charge < -0.3 is 5.32 Å². The van der Waals surface area contributed by atoms with Crippen molar-refractivity contribution in [3.8, 4) is 0 Å². The van der Waals surface area contributed by atoms with Crippen LogP contribution in [0, 0.1) is 5.82 Å². The number of hydrogen-bond acceptors (Lipinski definition) is 3. The highest BCUT2D eigenvalue weighted by Crippen LogP contribution is 2.05. The van der Waals surface area contributed by atoms with E-state index in [4.69, 9.17) is 0 Å². The van der Waals surface area contributed by atoms with Gasteiger partial charge in [0, 0.05) is 7.05 Å². The number of halogens is 1. The number of nitrogens with zero attached hydrogens (tertiary/aromatic N) is 3. The topological polar surface area (TPSA) is 59.8 Å². The van der Waals surface area contributed by atoms with Crippen LogP contribution in [0.3, 0.4) is 0 Å². The van der Waals surface area contributed by atoms with E-state index < -0.39 is 0 Å². The van der Waals surface area contributed by atoms with Crippen molar-refractivity contribution in [1.82, 2.24) is 15.0 Å². The fourth-order valence-electron chi connectivity index (χ4n) is 1.38. The SMILES string of the molecule is Cn1cc(NC(=O)Cc2ccc(F)cc2)nn1. The Labute approximate surface area is 97.3 Å². The van der Waals surface area contributed by atoms with Crippen molar-refractivity contribution in [1.29, 1.82) is 0 Å². The summed E-state index contributed by atoms with van der Waals surface area (Å²) in [4.78, 5) is 11.6. The normalized spacial score (nSPS) is 10.2. The molecule has 0 saturated heterocycles. The summed E-state index contributed by atoms with van der Waals surface area (Å²) in [6.07, 6.45) is 1.78. The standard InChI is InChI=1S/C11H11FN4O/c1-16-7-10(14-15-16)13-11(17)6-8-2-4-9(12)5-3-8/h2-5,7H,6H2,1H3,(H,13,17). The van der Waals surface area contributed by atoms with Crippen molar-refractivity contribution < 1.29 is 9.18 Å². The quantitative estimate of drug-likeness (QED) is 0.866. The summed E-state index contributed by atoms with van der Waals surface area (Å²) in [6, 6.07) is 5.80. The second kappa shape index (κ2) is 4.73. The molecule has 88 valence electrons. The van der Waals surface area contributed by atoms with Gasteiger partial charge in [-0.15, -0.1) is 5.10 Å². The maximum Gasteiger partial charge on any atom is 0.230 e. The van der Waals surface area contributed by atoms with Crippen LogP contribution in [0.15, 0.2) is 30.5 Å². The van der Waals surface area contributed by atoms with E-state index in [1.165, 1.54) is 16.8 Å². The molecule has 1 N–H and O–H groups in total. The molecule has 2 aromatic rings. The summed E-state index contributed by atoms with van der Waals surface area (Å²) < 4.78 is 14.1. The Kier molecular flexibility index (Phi) is 3.13. The number of anilines is 1. The fraction of sp³-hybridized carbons (Fsp3) is 0.182. The second-order valence-electron chi connectivity index (χ2n) is 3.63. The lowest BCUT2D eigenvalue weighted by Crippen LogP contribution is -2.14. The van der Waals surface area contributed by atoms with Crippen LogP contribution in [0.5, 0.6) is 0 Å². The highest BCUT2D eigenvalue weighted by atomic mass is 19.1. The Hall–Kier alpha value is -2.24.